The molecule has 0 N–H and O–H groups in total. The van der Waals surface area contributed by atoms with Crippen molar-refractivity contribution in [1.82, 2.24) is 0 Å². The highest BCUT2D eigenvalue weighted by Crippen LogP contribution is 2.34. The zero-order chi connectivity index (χ0) is 12.1. The molecule has 0 amide bonds. The molecule has 0 atom stereocenters. The smallest absolute Gasteiger partial charge is 0.330 e. The predicted molar refractivity (Wildman–Crippen MR) is 69.3 cm³/mol. The Hall–Kier alpha value is -0.640. The van der Waals surface area contributed by atoms with Crippen LogP contribution in [0.2, 0.25) is 10.0 Å². The quantitative estimate of drug-likeness (QED) is 0.476. The van der Waals surface area contributed by atoms with Gasteiger partial charge < -0.3 is 4.74 Å². The van der Waals surface area contributed by atoms with E-state index in [4.69, 9.17) is 23.2 Å². The van der Waals surface area contributed by atoms with E-state index in [0.717, 1.165) is 4.90 Å². The monoisotopic (exact) mass is 276 g/mol. The third-order valence-corrected chi connectivity index (χ3v) is 3.69. The van der Waals surface area contributed by atoms with Gasteiger partial charge in [0.15, 0.2) is 0 Å². The van der Waals surface area contributed by atoms with Crippen LogP contribution in [0.1, 0.15) is 5.56 Å². The van der Waals surface area contributed by atoms with Crippen molar-refractivity contribution in [1.29, 1.82) is 0 Å². The molecule has 16 heavy (non-hydrogen) atoms. The molecule has 2 nitrogen and oxygen atoms in total. The number of halogens is 2. The van der Waals surface area contributed by atoms with Gasteiger partial charge in [-0.15, -0.1) is 11.8 Å². The number of thioether (sulfide) groups is 1. The molecule has 0 saturated heterocycles. The van der Waals surface area contributed by atoms with E-state index < -0.39 is 5.97 Å². The highest BCUT2D eigenvalue weighted by atomic mass is 35.5. The third-order valence-electron chi connectivity index (χ3n) is 1.90. The maximum atomic E-state index is 10.9. The van der Waals surface area contributed by atoms with Crippen molar-refractivity contribution in [2.45, 2.75) is 4.90 Å². The predicted octanol–water partition coefficient (Wildman–Crippen LogP) is 3.90. The molecule has 0 aliphatic rings. The van der Waals surface area contributed by atoms with Crippen molar-refractivity contribution in [2.75, 3.05) is 13.4 Å². The molecule has 0 aliphatic heterocycles. The number of benzene rings is 1. The largest absolute Gasteiger partial charge is 0.466 e. The number of carbonyl (C=O) groups excluding carboxylic acids is 1. The lowest BCUT2D eigenvalue weighted by molar-refractivity contribution is -0.134. The number of methoxy groups -OCH3 is 1. The minimum atomic E-state index is -0.430. The Kier molecular flexibility index (Phi) is 5.19. The molecule has 0 saturated carbocycles. The molecular formula is C11H10Cl2O2S. The van der Waals surface area contributed by atoms with Gasteiger partial charge in [-0.25, -0.2) is 4.79 Å². The van der Waals surface area contributed by atoms with E-state index in [1.807, 2.05) is 12.3 Å². The van der Waals surface area contributed by atoms with E-state index in [9.17, 15) is 4.79 Å². The SMILES string of the molecule is COC(=O)/C=C/c1ccc(SC)c(Cl)c1Cl. The first kappa shape index (κ1) is 13.4. The Morgan fingerprint density at radius 2 is 2.06 bits per heavy atom. The van der Waals surface area contributed by atoms with Crippen molar-refractivity contribution in [3.05, 3.63) is 33.8 Å². The molecule has 0 spiro atoms. The fourth-order valence-electron chi connectivity index (χ4n) is 1.06. The topological polar surface area (TPSA) is 26.3 Å². The number of rotatable bonds is 3. The molecule has 0 aliphatic carbocycles. The first-order valence-electron chi connectivity index (χ1n) is 4.38. The molecule has 5 heteroatoms. The normalized spacial score (nSPS) is 10.8. The van der Waals surface area contributed by atoms with E-state index in [1.54, 1.807) is 12.1 Å². The van der Waals surface area contributed by atoms with Crippen molar-refractivity contribution in [3.8, 4) is 0 Å². The maximum absolute atomic E-state index is 10.9. The molecule has 0 fully saturated rings. The molecule has 0 bridgehead atoms. The van der Waals surface area contributed by atoms with E-state index in [1.165, 1.54) is 24.9 Å². The summed E-state index contributed by atoms with van der Waals surface area (Å²) in [4.78, 5) is 11.8. The number of hydrogen-bond acceptors (Lipinski definition) is 3. The highest BCUT2D eigenvalue weighted by Gasteiger charge is 2.07. The Balaban J connectivity index is 3.03. The number of hydrogen-bond donors (Lipinski definition) is 0. The summed E-state index contributed by atoms with van der Waals surface area (Å²) in [5.74, 6) is -0.430. The molecule has 0 heterocycles. The van der Waals surface area contributed by atoms with Crippen LogP contribution in [0.25, 0.3) is 6.08 Å². The second kappa shape index (κ2) is 6.18. The lowest BCUT2D eigenvalue weighted by atomic mass is 10.2. The van der Waals surface area contributed by atoms with Gasteiger partial charge in [0.25, 0.3) is 0 Å². The summed E-state index contributed by atoms with van der Waals surface area (Å²) < 4.78 is 4.48. The lowest BCUT2D eigenvalue weighted by Crippen LogP contribution is -1.93. The van der Waals surface area contributed by atoms with Crippen molar-refractivity contribution in [3.63, 3.8) is 0 Å². The Labute approximate surface area is 109 Å². The van der Waals surface area contributed by atoms with Gasteiger partial charge in [-0.1, -0.05) is 29.3 Å². The van der Waals surface area contributed by atoms with E-state index in [2.05, 4.69) is 4.74 Å². The van der Waals surface area contributed by atoms with Gasteiger partial charge in [-0.2, -0.15) is 0 Å². The van der Waals surface area contributed by atoms with Gasteiger partial charge in [-0.3, -0.25) is 0 Å². The zero-order valence-corrected chi connectivity index (χ0v) is 11.1. The fourth-order valence-corrected chi connectivity index (χ4v) is 2.23. The summed E-state index contributed by atoms with van der Waals surface area (Å²) in [5, 5.41) is 0.940. The molecule has 0 unspecified atom stereocenters. The summed E-state index contributed by atoms with van der Waals surface area (Å²) in [7, 11) is 1.32. The van der Waals surface area contributed by atoms with Crippen LogP contribution in [0.3, 0.4) is 0 Å². The summed E-state index contributed by atoms with van der Waals surface area (Å²) in [5.41, 5.74) is 0.690. The van der Waals surface area contributed by atoms with Crippen molar-refractivity contribution in [2.24, 2.45) is 0 Å². The number of esters is 1. The minimum Gasteiger partial charge on any atom is -0.466 e. The van der Waals surface area contributed by atoms with Gasteiger partial charge in [0.2, 0.25) is 0 Å². The van der Waals surface area contributed by atoms with Crippen LogP contribution >= 0.6 is 35.0 Å². The van der Waals surface area contributed by atoms with Crippen molar-refractivity contribution < 1.29 is 9.53 Å². The standard InChI is InChI=1S/C11H10Cl2O2S/c1-15-9(14)6-4-7-3-5-8(16-2)11(13)10(7)12/h3-6H,1-2H3/b6-4+. The van der Waals surface area contributed by atoms with Gasteiger partial charge in [-0.05, 0) is 24.0 Å². The van der Waals surface area contributed by atoms with E-state index in [0.29, 0.717) is 15.6 Å². The van der Waals surface area contributed by atoms with Crippen LogP contribution in [-0.2, 0) is 9.53 Å². The molecule has 0 aromatic heterocycles. The molecular weight excluding hydrogens is 267 g/mol. The molecule has 1 rings (SSSR count). The Morgan fingerprint density at radius 3 is 2.62 bits per heavy atom. The fraction of sp³-hybridized carbons (Fsp3) is 0.182. The zero-order valence-electron chi connectivity index (χ0n) is 8.79. The summed E-state index contributed by atoms with van der Waals surface area (Å²) in [6, 6.07) is 3.66. The second-order valence-corrected chi connectivity index (χ2v) is 4.45. The van der Waals surface area contributed by atoms with Crippen LogP contribution in [0.5, 0.6) is 0 Å². The van der Waals surface area contributed by atoms with Gasteiger partial charge in [0.1, 0.15) is 0 Å². The molecule has 1 aromatic rings. The molecule has 0 radical (unpaired) electrons. The first-order chi connectivity index (χ1) is 7.60. The lowest BCUT2D eigenvalue weighted by Gasteiger charge is -2.05. The van der Waals surface area contributed by atoms with Crippen LogP contribution < -0.4 is 0 Å². The van der Waals surface area contributed by atoms with Gasteiger partial charge in [0, 0.05) is 11.0 Å². The number of ether oxygens (including phenoxy) is 1. The van der Waals surface area contributed by atoms with Crippen LogP contribution in [0, 0.1) is 0 Å². The first-order valence-corrected chi connectivity index (χ1v) is 6.36. The van der Waals surface area contributed by atoms with Crippen LogP contribution in [-0.4, -0.2) is 19.3 Å². The van der Waals surface area contributed by atoms with Crippen LogP contribution in [0.4, 0.5) is 0 Å². The Bertz CT molecular complexity index is 430. The second-order valence-electron chi connectivity index (χ2n) is 2.84. The Morgan fingerprint density at radius 1 is 1.38 bits per heavy atom. The molecule has 86 valence electrons. The molecule has 1 aromatic carbocycles. The van der Waals surface area contributed by atoms with Gasteiger partial charge in [0.05, 0.1) is 17.2 Å². The average Bonchev–Trinajstić information content (AvgIpc) is 2.30. The van der Waals surface area contributed by atoms with Gasteiger partial charge >= 0.3 is 5.97 Å². The summed E-state index contributed by atoms with van der Waals surface area (Å²) >= 11 is 13.6. The maximum Gasteiger partial charge on any atom is 0.330 e. The van der Waals surface area contributed by atoms with E-state index >= 15 is 0 Å². The summed E-state index contributed by atoms with van der Waals surface area (Å²) in [6.45, 7) is 0. The van der Waals surface area contributed by atoms with Crippen LogP contribution in [0.15, 0.2) is 23.1 Å². The average molecular weight is 277 g/mol. The van der Waals surface area contributed by atoms with E-state index in [-0.39, 0.29) is 0 Å². The summed E-state index contributed by atoms with van der Waals surface area (Å²) in [6.07, 6.45) is 4.79. The highest BCUT2D eigenvalue weighted by molar-refractivity contribution is 7.98. The number of carbonyl (C=O) groups is 1. The van der Waals surface area contributed by atoms with Crippen molar-refractivity contribution >= 4 is 47.0 Å². The minimum absolute atomic E-state index is 0.430. The third kappa shape index (κ3) is 3.17.